The fourth-order valence-electron chi connectivity index (χ4n) is 4.31. The molecule has 0 fully saturated rings. The minimum atomic E-state index is 0.0575. The highest BCUT2D eigenvalue weighted by Gasteiger charge is 2.34. The van der Waals surface area contributed by atoms with Crippen LogP contribution in [0.4, 0.5) is 0 Å². The highest BCUT2D eigenvalue weighted by atomic mass is 32.1. The SMILES string of the molecule is Cc1cccc([C@@H](c2sc3nc(C)nn3c2O)[NH+]2CCc3ccccc3C2)c1. The van der Waals surface area contributed by atoms with Crippen LogP contribution in [0, 0.1) is 13.8 Å². The molecule has 0 amide bonds. The summed E-state index contributed by atoms with van der Waals surface area (Å²) in [4.78, 5) is 7.60. The van der Waals surface area contributed by atoms with Crippen LogP contribution in [0.15, 0.2) is 48.5 Å². The molecule has 5 nitrogen and oxygen atoms in total. The van der Waals surface area contributed by atoms with Crippen molar-refractivity contribution in [2.45, 2.75) is 32.9 Å². The molecule has 0 bridgehead atoms. The molecule has 142 valence electrons. The number of aromatic nitrogens is 3. The molecule has 0 aliphatic carbocycles. The van der Waals surface area contributed by atoms with E-state index in [0.29, 0.717) is 5.82 Å². The summed E-state index contributed by atoms with van der Waals surface area (Å²) >= 11 is 1.55. The average molecular weight is 392 g/mol. The fraction of sp³-hybridized carbons (Fsp3) is 0.273. The van der Waals surface area contributed by atoms with E-state index in [1.165, 1.54) is 27.2 Å². The smallest absolute Gasteiger partial charge is 0.235 e. The van der Waals surface area contributed by atoms with Gasteiger partial charge in [-0.05, 0) is 25.5 Å². The lowest BCUT2D eigenvalue weighted by atomic mass is 9.95. The van der Waals surface area contributed by atoms with Crippen molar-refractivity contribution in [3.05, 3.63) is 81.5 Å². The number of hydrogen-bond acceptors (Lipinski definition) is 4. The summed E-state index contributed by atoms with van der Waals surface area (Å²) in [6.45, 7) is 5.94. The Morgan fingerprint density at radius 2 is 1.93 bits per heavy atom. The van der Waals surface area contributed by atoms with E-state index in [0.717, 1.165) is 29.3 Å². The first-order chi connectivity index (χ1) is 13.6. The molecule has 0 radical (unpaired) electrons. The van der Waals surface area contributed by atoms with E-state index in [2.05, 4.69) is 65.5 Å². The number of fused-ring (bicyclic) bond motifs is 2. The molecule has 0 spiro atoms. The summed E-state index contributed by atoms with van der Waals surface area (Å²) in [5, 5.41) is 15.4. The Kier molecular flexibility index (Phi) is 4.18. The molecule has 1 unspecified atom stereocenters. The summed E-state index contributed by atoms with van der Waals surface area (Å²) < 4.78 is 1.58. The number of benzene rings is 2. The van der Waals surface area contributed by atoms with E-state index in [1.807, 2.05) is 6.92 Å². The minimum absolute atomic E-state index is 0.0575. The molecule has 2 N–H and O–H groups in total. The monoisotopic (exact) mass is 391 g/mol. The second-order valence-electron chi connectivity index (χ2n) is 7.59. The Balaban J connectivity index is 1.63. The Morgan fingerprint density at radius 1 is 1.11 bits per heavy atom. The molecule has 1 aliphatic rings. The molecule has 2 aromatic carbocycles. The van der Waals surface area contributed by atoms with Crippen molar-refractivity contribution in [1.82, 2.24) is 14.6 Å². The first-order valence-corrected chi connectivity index (χ1v) is 10.4. The van der Waals surface area contributed by atoms with Gasteiger partial charge in [0.1, 0.15) is 17.2 Å². The maximum Gasteiger partial charge on any atom is 0.235 e. The van der Waals surface area contributed by atoms with Gasteiger partial charge in [0.15, 0.2) is 6.04 Å². The van der Waals surface area contributed by atoms with Crippen LogP contribution in [0.1, 0.15) is 39.0 Å². The quantitative estimate of drug-likeness (QED) is 0.565. The zero-order chi connectivity index (χ0) is 19.3. The molecule has 28 heavy (non-hydrogen) atoms. The Bertz CT molecular complexity index is 1160. The van der Waals surface area contributed by atoms with Gasteiger partial charge in [-0.2, -0.15) is 4.52 Å². The number of rotatable bonds is 3. The number of nitrogens with zero attached hydrogens (tertiary/aromatic N) is 3. The molecule has 3 heterocycles. The zero-order valence-corrected chi connectivity index (χ0v) is 16.8. The zero-order valence-electron chi connectivity index (χ0n) is 16.0. The van der Waals surface area contributed by atoms with Crippen molar-refractivity contribution in [1.29, 1.82) is 0 Å². The summed E-state index contributed by atoms with van der Waals surface area (Å²) in [5.74, 6) is 0.901. The van der Waals surface area contributed by atoms with Crippen molar-refractivity contribution in [3.8, 4) is 5.88 Å². The molecule has 0 saturated heterocycles. The van der Waals surface area contributed by atoms with E-state index in [9.17, 15) is 5.11 Å². The lowest BCUT2D eigenvalue weighted by Gasteiger charge is -2.32. The van der Waals surface area contributed by atoms with Gasteiger partial charge in [-0.1, -0.05) is 59.4 Å². The molecular weight excluding hydrogens is 368 g/mol. The normalized spacial score (nSPS) is 17.6. The molecule has 2 atom stereocenters. The summed E-state index contributed by atoms with van der Waals surface area (Å²) in [6, 6.07) is 17.4. The average Bonchev–Trinajstić information content (AvgIpc) is 3.20. The lowest BCUT2D eigenvalue weighted by molar-refractivity contribution is -0.940. The molecule has 1 aliphatic heterocycles. The maximum absolute atomic E-state index is 11.0. The van der Waals surface area contributed by atoms with Gasteiger partial charge in [0.25, 0.3) is 0 Å². The van der Waals surface area contributed by atoms with E-state index < -0.39 is 0 Å². The van der Waals surface area contributed by atoms with Crippen LogP contribution >= 0.6 is 11.3 Å². The number of nitrogens with one attached hydrogen (secondary N) is 1. The van der Waals surface area contributed by atoms with Gasteiger partial charge >= 0.3 is 0 Å². The fourth-order valence-corrected chi connectivity index (χ4v) is 5.49. The molecule has 6 heteroatoms. The predicted octanol–water partition coefficient (Wildman–Crippen LogP) is 2.84. The minimum Gasteiger partial charge on any atom is -0.492 e. The number of hydrogen-bond donors (Lipinski definition) is 2. The Hall–Kier alpha value is -2.70. The van der Waals surface area contributed by atoms with Crippen molar-refractivity contribution in [2.75, 3.05) is 6.54 Å². The molecule has 5 rings (SSSR count). The highest BCUT2D eigenvalue weighted by molar-refractivity contribution is 7.17. The largest absolute Gasteiger partial charge is 0.492 e. The molecule has 2 aromatic heterocycles. The van der Waals surface area contributed by atoms with E-state index in [1.54, 1.807) is 15.9 Å². The summed E-state index contributed by atoms with van der Waals surface area (Å²) in [6.07, 6.45) is 1.05. The second-order valence-corrected chi connectivity index (χ2v) is 8.60. The van der Waals surface area contributed by atoms with Crippen LogP contribution in [0.2, 0.25) is 0 Å². The summed E-state index contributed by atoms with van der Waals surface area (Å²) in [5.41, 5.74) is 5.30. The van der Waals surface area contributed by atoms with Gasteiger partial charge in [-0.25, -0.2) is 4.98 Å². The van der Waals surface area contributed by atoms with Crippen LogP contribution in [0.25, 0.3) is 4.96 Å². The number of quaternary nitrogens is 1. The predicted molar refractivity (Wildman–Crippen MR) is 110 cm³/mol. The lowest BCUT2D eigenvalue weighted by Crippen LogP contribution is -3.12. The molecular formula is C22H23N4OS+. The topological polar surface area (TPSA) is 54.9 Å². The Labute approximate surface area is 167 Å². The standard InChI is InChI=1S/C22H22N4OS/c1-14-6-5-9-17(12-14)19(20-21(27)26-22(28-20)23-15(2)24-26)25-11-10-16-7-3-4-8-18(16)13-25/h3-9,12,19,27H,10-11,13H2,1-2H3/p+1/t19-/m0/s1. The van der Waals surface area contributed by atoms with Crippen molar-refractivity contribution >= 4 is 16.3 Å². The molecule has 0 saturated carbocycles. The number of aromatic hydroxyl groups is 1. The van der Waals surface area contributed by atoms with Crippen LogP contribution < -0.4 is 4.90 Å². The second kappa shape index (κ2) is 6.72. The van der Waals surface area contributed by atoms with Crippen molar-refractivity contribution in [3.63, 3.8) is 0 Å². The molecule has 4 aromatic rings. The van der Waals surface area contributed by atoms with Gasteiger partial charge in [0.05, 0.1) is 6.54 Å². The first kappa shape index (κ1) is 17.4. The van der Waals surface area contributed by atoms with E-state index >= 15 is 0 Å². The third-order valence-corrected chi connectivity index (χ3v) is 6.69. The van der Waals surface area contributed by atoms with Crippen molar-refractivity contribution < 1.29 is 10.0 Å². The van der Waals surface area contributed by atoms with Crippen LogP contribution in [-0.4, -0.2) is 26.2 Å². The van der Waals surface area contributed by atoms with Crippen LogP contribution in [-0.2, 0) is 13.0 Å². The third kappa shape index (κ3) is 2.89. The van der Waals surface area contributed by atoms with Gasteiger partial charge in [0.2, 0.25) is 10.8 Å². The van der Waals surface area contributed by atoms with E-state index in [-0.39, 0.29) is 11.9 Å². The van der Waals surface area contributed by atoms with Gasteiger partial charge in [0, 0.05) is 17.5 Å². The Morgan fingerprint density at radius 3 is 2.71 bits per heavy atom. The summed E-state index contributed by atoms with van der Waals surface area (Å²) in [7, 11) is 0. The first-order valence-electron chi connectivity index (χ1n) is 9.63. The maximum atomic E-state index is 11.0. The van der Waals surface area contributed by atoms with Gasteiger partial charge < -0.3 is 10.0 Å². The number of aryl methyl sites for hydroxylation is 2. The van der Waals surface area contributed by atoms with E-state index in [4.69, 9.17) is 0 Å². The highest BCUT2D eigenvalue weighted by Crippen LogP contribution is 2.35. The van der Waals surface area contributed by atoms with Crippen LogP contribution in [0.3, 0.4) is 0 Å². The van der Waals surface area contributed by atoms with Gasteiger partial charge in [-0.3, -0.25) is 0 Å². The van der Waals surface area contributed by atoms with Crippen molar-refractivity contribution in [2.24, 2.45) is 0 Å². The number of thiazole rings is 1. The van der Waals surface area contributed by atoms with Gasteiger partial charge in [-0.15, -0.1) is 5.10 Å². The third-order valence-electron chi connectivity index (χ3n) is 5.60. The van der Waals surface area contributed by atoms with Crippen LogP contribution in [0.5, 0.6) is 5.88 Å².